The maximum absolute atomic E-state index is 12.3. The minimum atomic E-state index is -3.81. The Labute approximate surface area is 134 Å². The second-order valence-corrected chi connectivity index (χ2v) is 7.12. The first-order valence-electron chi connectivity index (χ1n) is 6.56. The van der Waals surface area contributed by atoms with Gasteiger partial charge < -0.3 is 0 Å². The molecule has 118 valence electrons. The Bertz CT molecular complexity index is 797. The Hall–Kier alpha value is -1.70. The van der Waals surface area contributed by atoms with Gasteiger partial charge in [0, 0.05) is 10.7 Å². The average Bonchev–Trinajstić information content (AvgIpc) is 2.76. The van der Waals surface area contributed by atoms with Crippen molar-refractivity contribution in [3.8, 4) is 0 Å². The van der Waals surface area contributed by atoms with E-state index in [1.807, 2.05) is 0 Å². The fourth-order valence-electron chi connectivity index (χ4n) is 2.00. The molecule has 0 aliphatic carbocycles. The molecule has 0 aliphatic rings. The third-order valence-corrected chi connectivity index (χ3v) is 4.85. The number of hydrogen-bond acceptors (Lipinski definition) is 4. The van der Waals surface area contributed by atoms with Crippen molar-refractivity contribution >= 4 is 27.5 Å². The van der Waals surface area contributed by atoms with Crippen molar-refractivity contribution in [1.82, 2.24) is 14.5 Å². The highest BCUT2D eigenvalue weighted by atomic mass is 35.5. The summed E-state index contributed by atoms with van der Waals surface area (Å²) in [6.45, 7) is 4.98. The van der Waals surface area contributed by atoms with Crippen LogP contribution >= 0.6 is 11.6 Å². The van der Waals surface area contributed by atoms with E-state index in [0.717, 1.165) is 0 Å². The standard InChI is InChI=1S/C14H16ClN3O3S/c1-9-8-10(2)18(16-9)14(19)11(3)17-22(20,21)13-6-4-12(15)5-7-13/h4-8,11,17H,1-3H3/t11-/m0/s1. The normalized spacial score (nSPS) is 13.1. The van der Waals surface area contributed by atoms with Crippen LogP contribution in [0.4, 0.5) is 0 Å². The Morgan fingerprint density at radius 1 is 1.27 bits per heavy atom. The molecular formula is C14H16ClN3O3S. The molecule has 0 bridgehead atoms. The summed E-state index contributed by atoms with van der Waals surface area (Å²) < 4.78 is 28.0. The van der Waals surface area contributed by atoms with Crippen LogP contribution < -0.4 is 4.72 Å². The van der Waals surface area contributed by atoms with Gasteiger partial charge in [-0.15, -0.1) is 0 Å². The van der Waals surface area contributed by atoms with E-state index in [1.165, 1.54) is 35.9 Å². The van der Waals surface area contributed by atoms with Gasteiger partial charge in [0.1, 0.15) is 6.04 Å². The Morgan fingerprint density at radius 2 is 1.86 bits per heavy atom. The first-order valence-corrected chi connectivity index (χ1v) is 8.42. The zero-order chi connectivity index (χ0) is 16.5. The highest BCUT2D eigenvalue weighted by molar-refractivity contribution is 7.89. The lowest BCUT2D eigenvalue weighted by molar-refractivity contribution is 0.0860. The quantitative estimate of drug-likeness (QED) is 0.924. The molecule has 2 aromatic rings. The topological polar surface area (TPSA) is 81.1 Å². The number of aromatic nitrogens is 2. The van der Waals surface area contributed by atoms with Gasteiger partial charge in [0.15, 0.2) is 0 Å². The molecule has 0 aliphatic heterocycles. The minimum Gasteiger partial charge on any atom is -0.271 e. The van der Waals surface area contributed by atoms with Crippen molar-refractivity contribution in [2.24, 2.45) is 0 Å². The zero-order valence-corrected chi connectivity index (χ0v) is 13.9. The monoisotopic (exact) mass is 341 g/mol. The van der Waals surface area contributed by atoms with Gasteiger partial charge in [-0.3, -0.25) is 4.79 Å². The molecule has 0 fully saturated rings. The smallest absolute Gasteiger partial charge is 0.264 e. The van der Waals surface area contributed by atoms with Gasteiger partial charge in [-0.05, 0) is 51.1 Å². The average molecular weight is 342 g/mol. The second-order valence-electron chi connectivity index (χ2n) is 4.97. The predicted molar refractivity (Wildman–Crippen MR) is 83.6 cm³/mol. The summed E-state index contributed by atoms with van der Waals surface area (Å²) in [6, 6.07) is 6.51. The number of rotatable bonds is 4. The lowest BCUT2D eigenvalue weighted by Gasteiger charge is -2.14. The van der Waals surface area contributed by atoms with E-state index in [9.17, 15) is 13.2 Å². The van der Waals surface area contributed by atoms with Crippen molar-refractivity contribution in [1.29, 1.82) is 0 Å². The molecule has 0 amide bonds. The van der Waals surface area contributed by atoms with E-state index in [0.29, 0.717) is 16.4 Å². The van der Waals surface area contributed by atoms with Gasteiger partial charge in [0.2, 0.25) is 10.0 Å². The predicted octanol–water partition coefficient (Wildman–Crippen LogP) is 2.16. The van der Waals surface area contributed by atoms with Gasteiger partial charge in [-0.25, -0.2) is 13.1 Å². The van der Waals surface area contributed by atoms with Crippen LogP contribution in [0.25, 0.3) is 0 Å². The number of aryl methyl sites for hydroxylation is 2. The van der Waals surface area contributed by atoms with Gasteiger partial charge in [0.25, 0.3) is 5.91 Å². The summed E-state index contributed by atoms with van der Waals surface area (Å²) >= 11 is 5.74. The van der Waals surface area contributed by atoms with Crippen LogP contribution in [0.1, 0.15) is 23.1 Å². The van der Waals surface area contributed by atoms with E-state index in [4.69, 9.17) is 11.6 Å². The van der Waals surface area contributed by atoms with E-state index in [1.54, 1.807) is 19.9 Å². The maximum atomic E-state index is 12.3. The zero-order valence-electron chi connectivity index (χ0n) is 12.4. The summed E-state index contributed by atoms with van der Waals surface area (Å²) in [5.41, 5.74) is 1.35. The SMILES string of the molecule is Cc1cc(C)n(C(=O)[C@H](C)NS(=O)(=O)c2ccc(Cl)cc2)n1. The van der Waals surface area contributed by atoms with Gasteiger partial charge in [-0.2, -0.15) is 9.82 Å². The molecule has 2 rings (SSSR count). The van der Waals surface area contributed by atoms with Crippen molar-refractivity contribution in [3.63, 3.8) is 0 Å². The molecule has 6 nitrogen and oxygen atoms in total. The molecule has 0 unspecified atom stereocenters. The van der Waals surface area contributed by atoms with E-state index >= 15 is 0 Å². The molecule has 22 heavy (non-hydrogen) atoms. The lowest BCUT2D eigenvalue weighted by Crippen LogP contribution is -2.41. The first kappa shape index (κ1) is 16.7. The molecule has 0 radical (unpaired) electrons. The fourth-order valence-corrected chi connectivity index (χ4v) is 3.32. The number of carbonyl (C=O) groups is 1. The number of sulfonamides is 1. The van der Waals surface area contributed by atoms with E-state index < -0.39 is 22.0 Å². The van der Waals surface area contributed by atoms with E-state index in [-0.39, 0.29) is 4.90 Å². The van der Waals surface area contributed by atoms with Gasteiger partial charge in [0.05, 0.1) is 10.6 Å². The summed E-state index contributed by atoms with van der Waals surface area (Å²) in [6.07, 6.45) is 0. The minimum absolute atomic E-state index is 0.0462. The van der Waals surface area contributed by atoms with Crippen LogP contribution in [0.2, 0.25) is 5.02 Å². The highest BCUT2D eigenvalue weighted by Gasteiger charge is 2.24. The largest absolute Gasteiger partial charge is 0.271 e. The van der Waals surface area contributed by atoms with Crippen LogP contribution in [0, 0.1) is 13.8 Å². The number of hydrogen-bond donors (Lipinski definition) is 1. The van der Waals surface area contributed by atoms with Crippen molar-refractivity contribution < 1.29 is 13.2 Å². The Kier molecular flexibility index (Phi) is 4.69. The summed E-state index contributed by atoms with van der Waals surface area (Å²) in [4.78, 5) is 12.3. The number of carbonyl (C=O) groups excluding carboxylic acids is 1. The lowest BCUT2D eigenvalue weighted by atomic mass is 10.3. The van der Waals surface area contributed by atoms with Crippen molar-refractivity contribution in [2.45, 2.75) is 31.7 Å². The summed E-state index contributed by atoms with van der Waals surface area (Å²) in [5.74, 6) is -0.442. The van der Waals surface area contributed by atoms with E-state index in [2.05, 4.69) is 9.82 Å². The van der Waals surface area contributed by atoms with Crippen LogP contribution in [-0.4, -0.2) is 30.1 Å². The van der Waals surface area contributed by atoms with Crippen LogP contribution in [0.5, 0.6) is 0 Å². The number of nitrogens with zero attached hydrogens (tertiary/aromatic N) is 2. The molecule has 0 saturated heterocycles. The molecule has 1 N–H and O–H groups in total. The van der Waals surface area contributed by atoms with Gasteiger partial charge in [-0.1, -0.05) is 11.6 Å². The first-order chi connectivity index (χ1) is 10.2. The summed E-state index contributed by atoms with van der Waals surface area (Å²) in [7, 11) is -3.81. The fraction of sp³-hybridized carbons (Fsp3) is 0.286. The third kappa shape index (κ3) is 3.55. The maximum Gasteiger partial charge on any atom is 0.264 e. The molecule has 8 heteroatoms. The second kappa shape index (κ2) is 6.20. The van der Waals surface area contributed by atoms with Crippen molar-refractivity contribution in [2.75, 3.05) is 0 Å². The van der Waals surface area contributed by atoms with Crippen LogP contribution in [0.3, 0.4) is 0 Å². The number of halogens is 1. The molecule has 0 spiro atoms. The van der Waals surface area contributed by atoms with Crippen molar-refractivity contribution in [3.05, 3.63) is 46.7 Å². The number of benzene rings is 1. The highest BCUT2D eigenvalue weighted by Crippen LogP contribution is 2.14. The van der Waals surface area contributed by atoms with Crippen LogP contribution in [-0.2, 0) is 10.0 Å². The van der Waals surface area contributed by atoms with Crippen LogP contribution in [0.15, 0.2) is 35.2 Å². The Balaban J connectivity index is 2.20. The van der Waals surface area contributed by atoms with Gasteiger partial charge >= 0.3 is 0 Å². The molecule has 0 saturated carbocycles. The molecular weight excluding hydrogens is 326 g/mol. The molecule has 1 heterocycles. The summed E-state index contributed by atoms with van der Waals surface area (Å²) in [5, 5.41) is 4.50. The Morgan fingerprint density at radius 3 is 2.36 bits per heavy atom. The third-order valence-electron chi connectivity index (χ3n) is 3.04. The number of nitrogens with one attached hydrogen (secondary N) is 1. The molecule has 1 aromatic carbocycles. The molecule has 1 aromatic heterocycles. The molecule has 1 atom stereocenters.